The van der Waals surface area contributed by atoms with Crippen LogP contribution in [0.1, 0.15) is 18.4 Å². The van der Waals surface area contributed by atoms with Gasteiger partial charge in [0, 0.05) is 24.3 Å². The van der Waals surface area contributed by atoms with Crippen LogP contribution in [0.25, 0.3) is 11.5 Å². The third-order valence-electron chi connectivity index (χ3n) is 4.21. The zero-order valence-electron chi connectivity index (χ0n) is 13.4. The number of rotatable bonds is 3. The van der Waals surface area contributed by atoms with Gasteiger partial charge in [-0.1, -0.05) is 6.07 Å². The number of carbonyl (C=O) groups is 2. The minimum absolute atomic E-state index is 0.236. The van der Waals surface area contributed by atoms with E-state index in [1.165, 1.54) is 6.26 Å². The Morgan fingerprint density at radius 3 is 2.96 bits per heavy atom. The highest BCUT2D eigenvalue weighted by Gasteiger charge is 2.28. The zero-order chi connectivity index (χ0) is 17.1. The molecule has 24 heavy (non-hydrogen) atoms. The second-order valence-corrected chi connectivity index (χ2v) is 5.92. The van der Waals surface area contributed by atoms with Crippen molar-refractivity contribution in [2.24, 2.45) is 5.92 Å². The first kappa shape index (κ1) is 16.0. The number of nitrogens with one attached hydrogen (secondary N) is 1. The number of benzene rings is 1. The molecule has 1 saturated heterocycles. The molecule has 2 amide bonds. The van der Waals surface area contributed by atoms with Crippen molar-refractivity contribution >= 4 is 17.7 Å². The van der Waals surface area contributed by atoms with E-state index in [9.17, 15) is 9.59 Å². The number of likely N-dealkylation sites (tertiary alicyclic amines) is 1. The van der Waals surface area contributed by atoms with E-state index in [0.717, 1.165) is 11.1 Å². The number of aryl methyl sites for hydroxylation is 1. The Labute approximate surface area is 139 Å². The molecule has 2 heterocycles. The molecule has 0 saturated carbocycles. The van der Waals surface area contributed by atoms with Crippen LogP contribution in [0.4, 0.5) is 10.5 Å². The summed E-state index contributed by atoms with van der Waals surface area (Å²) in [5.74, 6) is -0.855. The second-order valence-electron chi connectivity index (χ2n) is 5.92. The Bertz CT molecular complexity index is 742. The van der Waals surface area contributed by atoms with Gasteiger partial charge in [0.1, 0.15) is 6.26 Å². The summed E-state index contributed by atoms with van der Waals surface area (Å²) in [6.45, 7) is 2.74. The van der Waals surface area contributed by atoms with Crippen LogP contribution >= 0.6 is 0 Å². The number of carboxylic acid groups (broad SMARTS) is 1. The summed E-state index contributed by atoms with van der Waals surface area (Å²) in [7, 11) is 0. The second kappa shape index (κ2) is 6.74. The van der Waals surface area contributed by atoms with Crippen molar-refractivity contribution in [3.05, 3.63) is 36.2 Å². The molecule has 7 nitrogen and oxygen atoms in total. The molecule has 0 aliphatic carbocycles. The lowest BCUT2D eigenvalue weighted by Crippen LogP contribution is -2.44. The first-order valence-corrected chi connectivity index (χ1v) is 7.84. The van der Waals surface area contributed by atoms with Gasteiger partial charge in [-0.05, 0) is 37.5 Å². The minimum atomic E-state index is -0.853. The number of carboxylic acids is 1. The largest absolute Gasteiger partial charge is 0.481 e. The number of nitrogens with zero attached hydrogens (tertiary/aromatic N) is 2. The van der Waals surface area contributed by atoms with Gasteiger partial charge in [0.25, 0.3) is 0 Å². The van der Waals surface area contributed by atoms with Crippen molar-refractivity contribution < 1.29 is 19.1 Å². The maximum atomic E-state index is 12.4. The molecule has 1 fully saturated rings. The minimum Gasteiger partial charge on any atom is -0.481 e. The number of aromatic nitrogens is 1. The predicted octanol–water partition coefficient (Wildman–Crippen LogP) is 2.98. The first-order valence-electron chi connectivity index (χ1n) is 7.84. The highest BCUT2D eigenvalue weighted by atomic mass is 16.4. The fraction of sp³-hybridized carbons (Fsp3) is 0.353. The van der Waals surface area contributed by atoms with Crippen LogP contribution in [0.15, 0.2) is 35.1 Å². The van der Waals surface area contributed by atoms with Crippen molar-refractivity contribution in [1.29, 1.82) is 0 Å². The molecule has 7 heteroatoms. The molecule has 1 aromatic carbocycles. The van der Waals surface area contributed by atoms with Crippen molar-refractivity contribution in [2.45, 2.75) is 19.8 Å². The number of hydrogen-bond donors (Lipinski definition) is 2. The van der Waals surface area contributed by atoms with Gasteiger partial charge in [0.2, 0.25) is 5.89 Å². The summed E-state index contributed by atoms with van der Waals surface area (Å²) in [4.78, 5) is 29.2. The molecule has 0 radical (unpaired) electrons. The molecule has 1 unspecified atom stereocenters. The first-order chi connectivity index (χ1) is 11.5. The molecule has 0 bridgehead atoms. The monoisotopic (exact) mass is 329 g/mol. The van der Waals surface area contributed by atoms with Crippen LogP contribution in [0.2, 0.25) is 0 Å². The van der Waals surface area contributed by atoms with Gasteiger partial charge in [-0.3, -0.25) is 4.79 Å². The van der Waals surface area contributed by atoms with Crippen LogP contribution in [0.3, 0.4) is 0 Å². The molecule has 1 aromatic heterocycles. The maximum absolute atomic E-state index is 12.4. The van der Waals surface area contributed by atoms with Crippen molar-refractivity contribution in [2.75, 3.05) is 18.4 Å². The Morgan fingerprint density at radius 1 is 1.42 bits per heavy atom. The fourth-order valence-electron chi connectivity index (χ4n) is 2.85. The molecule has 3 rings (SSSR count). The van der Waals surface area contributed by atoms with E-state index in [4.69, 9.17) is 9.52 Å². The number of aliphatic carboxylic acids is 1. The van der Waals surface area contributed by atoms with E-state index < -0.39 is 11.9 Å². The van der Waals surface area contributed by atoms with Gasteiger partial charge in [0.15, 0.2) is 0 Å². The number of amides is 2. The third kappa shape index (κ3) is 3.40. The summed E-state index contributed by atoms with van der Waals surface area (Å²) in [5.41, 5.74) is 2.41. The van der Waals surface area contributed by atoms with Crippen LogP contribution < -0.4 is 5.32 Å². The van der Waals surface area contributed by atoms with Crippen molar-refractivity contribution in [1.82, 2.24) is 9.88 Å². The van der Waals surface area contributed by atoms with Crippen molar-refractivity contribution in [3.63, 3.8) is 0 Å². The van der Waals surface area contributed by atoms with Crippen LogP contribution in [0.5, 0.6) is 0 Å². The fourth-order valence-corrected chi connectivity index (χ4v) is 2.85. The van der Waals surface area contributed by atoms with E-state index in [0.29, 0.717) is 31.0 Å². The Balaban J connectivity index is 1.73. The summed E-state index contributed by atoms with van der Waals surface area (Å²) in [6.07, 6.45) is 4.37. The molecule has 126 valence electrons. The van der Waals surface area contributed by atoms with Gasteiger partial charge in [-0.25, -0.2) is 9.78 Å². The zero-order valence-corrected chi connectivity index (χ0v) is 13.4. The van der Waals surface area contributed by atoms with Crippen LogP contribution in [-0.4, -0.2) is 40.1 Å². The van der Waals surface area contributed by atoms with Crippen LogP contribution in [-0.2, 0) is 4.79 Å². The maximum Gasteiger partial charge on any atom is 0.321 e. The van der Waals surface area contributed by atoms with E-state index in [1.54, 1.807) is 23.2 Å². The topological polar surface area (TPSA) is 95.7 Å². The standard InChI is InChI=1S/C17H19N3O4/c1-11-4-5-13(9-14(11)15-18-6-8-24-15)19-17(23)20-7-2-3-12(10-20)16(21)22/h4-6,8-9,12H,2-3,7,10H2,1H3,(H,19,23)(H,21,22). The lowest BCUT2D eigenvalue weighted by atomic mass is 9.99. The summed E-state index contributed by atoms with van der Waals surface area (Å²) >= 11 is 0. The number of hydrogen-bond acceptors (Lipinski definition) is 4. The van der Waals surface area contributed by atoms with Gasteiger partial charge in [-0.15, -0.1) is 0 Å². The lowest BCUT2D eigenvalue weighted by Gasteiger charge is -2.30. The van der Waals surface area contributed by atoms with Gasteiger partial charge < -0.3 is 19.7 Å². The molecule has 0 spiro atoms. The van der Waals surface area contributed by atoms with Gasteiger partial charge in [0.05, 0.1) is 12.1 Å². The average molecular weight is 329 g/mol. The number of urea groups is 1. The molecule has 1 aliphatic rings. The smallest absolute Gasteiger partial charge is 0.321 e. The van der Waals surface area contributed by atoms with E-state index >= 15 is 0 Å². The third-order valence-corrected chi connectivity index (χ3v) is 4.21. The highest BCUT2D eigenvalue weighted by Crippen LogP contribution is 2.26. The SMILES string of the molecule is Cc1ccc(NC(=O)N2CCCC(C(=O)O)C2)cc1-c1ncco1. The Morgan fingerprint density at radius 2 is 2.25 bits per heavy atom. The van der Waals surface area contributed by atoms with E-state index in [2.05, 4.69) is 10.3 Å². The number of anilines is 1. The molecule has 1 atom stereocenters. The predicted molar refractivity (Wildman–Crippen MR) is 87.6 cm³/mol. The summed E-state index contributed by atoms with van der Waals surface area (Å²) < 4.78 is 5.32. The number of piperidine rings is 1. The average Bonchev–Trinajstić information content (AvgIpc) is 3.11. The summed E-state index contributed by atoms with van der Waals surface area (Å²) in [5, 5.41) is 11.9. The van der Waals surface area contributed by atoms with E-state index in [1.807, 2.05) is 13.0 Å². The summed E-state index contributed by atoms with van der Waals surface area (Å²) in [6, 6.07) is 5.20. The molecular formula is C17H19N3O4. The Hall–Kier alpha value is -2.83. The molecular weight excluding hydrogens is 310 g/mol. The quantitative estimate of drug-likeness (QED) is 0.902. The number of oxazole rings is 1. The van der Waals surface area contributed by atoms with Gasteiger partial charge in [-0.2, -0.15) is 0 Å². The highest BCUT2D eigenvalue weighted by molar-refractivity contribution is 5.90. The lowest BCUT2D eigenvalue weighted by molar-refractivity contribution is -0.143. The Kier molecular flexibility index (Phi) is 4.50. The number of carbonyl (C=O) groups excluding carboxylic acids is 1. The molecule has 2 N–H and O–H groups in total. The van der Waals surface area contributed by atoms with Gasteiger partial charge >= 0.3 is 12.0 Å². The van der Waals surface area contributed by atoms with Crippen molar-refractivity contribution in [3.8, 4) is 11.5 Å². The van der Waals surface area contributed by atoms with Crippen LogP contribution in [0, 0.1) is 12.8 Å². The van der Waals surface area contributed by atoms with E-state index in [-0.39, 0.29) is 12.6 Å². The molecule has 1 aliphatic heterocycles. The normalized spacial score (nSPS) is 17.5. The molecule has 2 aromatic rings.